The Hall–Kier alpha value is -1.71. The van der Waals surface area contributed by atoms with Gasteiger partial charge in [0.1, 0.15) is 11.4 Å². The van der Waals surface area contributed by atoms with Crippen LogP contribution in [0.5, 0.6) is 5.75 Å². The summed E-state index contributed by atoms with van der Waals surface area (Å²) in [6.45, 7) is 3.93. The lowest BCUT2D eigenvalue weighted by Gasteiger charge is -2.17. The highest BCUT2D eigenvalue weighted by atomic mass is 16.5. The first-order valence-electron chi connectivity index (χ1n) is 5.13. The molecule has 0 bridgehead atoms. The van der Waals surface area contributed by atoms with Crippen molar-refractivity contribution in [1.82, 2.24) is 0 Å². The van der Waals surface area contributed by atoms with Crippen molar-refractivity contribution in [2.45, 2.75) is 25.9 Å². The average molecular weight is 221 g/mol. The fourth-order valence-electron chi connectivity index (χ4n) is 1.98. The van der Waals surface area contributed by atoms with Gasteiger partial charge in [0.2, 0.25) is 0 Å². The Labute approximate surface area is 94.3 Å². The van der Waals surface area contributed by atoms with Gasteiger partial charge in [-0.2, -0.15) is 0 Å². The van der Waals surface area contributed by atoms with Crippen molar-refractivity contribution in [3.05, 3.63) is 23.3 Å². The van der Waals surface area contributed by atoms with Gasteiger partial charge in [-0.05, 0) is 26.0 Å². The first-order valence-corrected chi connectivity index (χ1v) is 5.13. The second-order valence-electron chi connectivity index (χ2n) is 4.54. The molecule has 1 aromatic rings. The summed E-state index contributed by atoms with van der Waals surface area (Å²) in [5.41, 5.74) is 7.45. The van der Waals surface area contributed by atoms with Gasteiger partial charge in [-0.3, -0.25) is 0 Å². The van der Waals surface area contributed by atoms with Crippen LogP contribution in [-0.4, -0.2) is 18.7 Å². The molecule has 1 aromatic carbocycles. The molecule has 16 heavy (non-hydrogen) atoms. The highest BCUT2D eigenvalue weighted by Gasteiger charge is 2.34. The number of carbonyl (C=O) groups excluding carboxylic acids is 1. The van der Waals surface area contributed by atoms with Crippen LogP contribution < -0.4 is 10.5 Å². The van der Waals surface area contributed by atoms with Crippen LogP contribution in [0.1, 0.15) is 29.8 Å². The summed E-state index contributed by atoms with van der Waals surface area (Å²) < 4.78 is 10.5. The van der Waals surface area contributed by atoms with Gasteiger partial charge < -0.3 is 15.2 Å². The Bertz CT molecular complexity index is 452. The molecule has 0 unspecified atom stereocenters. The number of carbonyl (C=O) groups is 1. The quantitative estimate of drug-likeness (QED) is 0.580. The van der Waals surface area contributed by atoms with E-state index in [-0.39, 0.29) is 11.6 Å². The molecule has 0 aromatic heterocycles. The van der Waals surface area contributed by atoms with Gasteiger partial charge in [-0.1, -0.05) is 0 Å². The van der Waals surface area contributed by atoms with Crippen molar-refractivity contribution >= 4 is 11.7 Å². The van der Waals surface area contributed by atoms with E-state index in [1.807, 2.05) is 13.8 Å². The van der Waals surface area contributed by atoms with Gasteiger partial charge in [-0.25, -0.2) is 4.79 Å². The number of methoxy groups -OCH3 is 1. The third-order valence-corrected chi connectivity index (χ3v) is 2.68. The molecule has 1 aliphatic rings. The number of anilines is 1. The number of hydrogen-bond donors (Lipinski definition) is 1. The van der Waals surface area contributed by atoms with Gasteiger partial charge in [0.15, 0.2) is 0 Å². The minimum atomic E-state index is -0.349. The Morgan fingerprint density at radius 3 is 2.81 bits per heavy atom. The molecule has 0 radical (unpaired) electrons. The SMILES string of the molecule is COC(=O)c1ccc(N)c2c1CC(C)(C)O2. The minimum Gasteiger partial charge on any atom is -0.485 e. The smallest absolute Gasteiger partial charge is 0.338 e. The first kappa shape index (κ1) is 10.8. The van der Waals surface area contributed by atoms with Crippen LogP contribution in [0.15, 0.2) is 12.1 Å². The van der Waals surface area contributed by atoms with Crippen molar-refractivity contribution in [3.8, 4) is 5.75 Å². The molecular formula is C12H15NO3. The number of hydrogen-bond acceptors (Lipinski definition) is 4. The number of rotatable bonds is 1. The van der Waals surface area contributed by atoms with Crippen molar-refractivity contribution in [1.29, 1.82) is 0 Å². The van der Waals surface area contributed by atoms with Gasteiger partial charge in [0.25, 0.3) is 0 Å². The Morgan fingerprint density at radius 2 is 2.19 bits per heavy atom. The maximum atomic E-state index is 11.6. The molecule has 0 amide bonds. The summed E-state index contributed by atoms with van der Waals surface area (Å²) in [4.78, 5) is 11.6. The standard InChI is InChI=1S/C12H15NO3/c1-12(2)6-8-7(11(14)15-3)4-5-9(13)10(8)16-12/h4-5H,6,13H2,1-3H3. The zero-order valence-electron chi connectivity index (χ0n) is 9.66. The topological polar surface area (TPSA) is 61.5 Å². The second kappa shape index (κ2) is 3.40. The summed E-state index contributed by atoms with van der Waals surface area (Å²) in [5.74, 6) is 0.269. The Balaban J connectivity index is 2.54. The molecule has 4 nitrogen and oxygen atoms in total. The van der Waals surface area contributed by atoms with Crippen LogP contribution in [0.4, 0.5) is 5.69 Å². The molecule has 0 aliphatic carbocycles. The third kappa shape index (κ3) is 1.60. The summed E-state index contributed by atoms with van der Waals surface area (Å²) in [6, 6.07) is 3.36. The molecule has 2 N–H and O–H groups in total. The molecule has 1 aliphatic heterocycles. The zero-order chi connectivity index (χ0) is 11.9. The van der Waals surface area contributed by atoms with Crippen LogP contribution in [-0.2, 0) is 11.2 Å². The maximum absolute atomic E-state index is 11.6. The predicted octanol–water partition coefficient (Wildman–Crippen LogP) is 1.77. The van der Waals surface area contributed by atoms with Crippen LogP contribution >= 0.6 is 0 Å². The fourth-order valence-corrected chi connectivity index (χ4v) is 1.98. The fraction of sp³-hybridized carbons (Fsp3) is 0.417. The lowest BCUT2D eigenvalue weighted by molar-refractivity contribution is 0.0599. The monoisotopic (exact) mass is 221 g/mol. The molecular weight excluding hydrogens is 206 g/mol. The molecule has 0 saturated heterocycles. The van der Waals surface area contributed by atoms with Gasteiger partial charge in [-0.15, -0.1) is 0 Å². The van der Waals surface area contributed by atoms with E-state index in [2.05, 4.69) is 0 Å². The molecule has 1 heterocycles. The summed E-state index contributed by atoms with van der Waals surface area (Å²) in [5, 5.41) is 0. The zero-order valence-corrected chi connectivity index (χ0v) is 9.66. The number of ether oxygens (including phenoxy) is 2. The van der Waals surface area contributed by atoms with E-state index < -0.39 is 0 Å². The highest BCUT2D eigenvalue weighted by molar-refractivity contribution is 5.93. The molecule has 0 spiro atoms. The first-order chi connectivity index (χ1) is 7.44. The Morgan fingerprint density at radius 1 is 1.50 bits per heavy atom. The molecule has 2 rings (SSSR count). The van der Waals surface area contributed by atoms with E-state index >= 15 is 0 Å². The van der Waals surface area contributed by atoms with E-state index in [9.17, 15) is 4.79 Å². The van der Waals surface area contributed by atoms with Crippen molar-refractivity contribution in [3.63, 3.8) is 0 Å². The van der Waals surface area contributed by atoms with E-state index in [4.69, 9.17) is 15.2 Å². The predicted molar refractivity (Wildman–Crippen MR) is 60.6 cm³/mol. The lowest BCUT2D eigenvalue weighted by atomic mass is 9.97. The number of nitrogen functional groups attached to an aromatic ring is 1. The summed E-state index contributed by atoms with van der Waals surface area (Å²) in [6.07, 6.45) is 0.664. The minimum absolute atomic E-state index is 0.319. The number of nitrogens with two attached hydrogens (primary N) is 1. The van der Waals surface area contributed by atoms with Crippen LogP contribution in [0.3, 0.4) is 0 Å². The number of benzene rings is 1. The lowest BCUT2D eigenvalue weighted by Crippen LogP contribution is -2.25. The third-order valence-electron chi connectivity index (χ3n) is 2.68. The molecule has 0 atom stereocenters. The largest absolute Gasteiger partial charge is 0.485 e. The van der Waals surface area contributed by atoms with Crippen molar-refractivity contribution < 1.29 is 14.3 Å². The van der Waals surface area contributed by atoms with E-state index in [1.54, 1.807) is 12.1 Å². The van der Waals surface area contributed by atoms with Gasteiger partial charge in [0, 0.05) is 12.0 Å². The second-order valence-corrected chi connectivity index (χ2v) is 4.54. The molecule has 86 valence electrons. The van der Waals surface area contributed by atoms with Crippen LogP contribution in [0.25, 0.3) is 0 Å². The normalized spacial score (nSPS) is 16.4. The number of esters is 1. The maximum Gasteiger partial charge on any atom is 0.338 e. The highest BCUT2D eigenvalue weighted by Crippen LogP contribution is 2.41. The molecule has 0 fully saturated rings. The molecule has 0 saturated carbocycles. The average Bonchev–Trinajstić information content (AvgIpc) is 2.54. The summed E-state index contributed by atoms with van der Waals surface area (Å²) >= 11 is 0. The van der Waals surface area contributed by atoms with Crippen LogP contribution in [0.2, 0.25) is 0 Å². The molecule has 4 heteroatoms. The van der Waals surface area contributed by atoms with Crippen molar-refractivity contribution in [2.24, 2.45) is 0 Å². The summed E-state index contributed by atoms with van der Waals surface area (Å²) in [7, 11) is 1.37. The van der Waals surface area contributed by atoms with Crippen molar-refractivity contribution in [2.75, 3.05) is 12.8 Å². The van der Waals surface area contributed by atoms with E-state index in [1.165, 1.54) is 7.11 Å². The number of fused-ring (bicyclic) bond motifs is 1. The van der Waals surface area contributed by atoms with Crippen LogP contribution in [0, 0.1) is 0 Å². The van der Waals surface area contributed by atoms with E-state index in [0.29, 0.717) is 23.4 Å². The van der Waals surface area contributed by atoms with Gasteiger partial charge in [0.05, 0.1) is 18.4 Å². The Kier molecular flexibility index (Phi) is 2.30. The van der Waals surface area contributed by atoms with E-state index in [0.717, 1.165) is 5.56 Å². The van der Waals surface area contributed by atoms with Gasteiger partial charge >= 0.3 is 5.97 Å².